The molecule has 104 valence electrons. The Labute approximate surface area is 103 Å². The van der Waals surface area contributed by atoms with Crippen molar-refractivity contribution in [2.45, 2.75) is 13.1 Å². The normalized spacial score (nSPS) is 16.9. The maximum absolute atomic E-state index is 11.9. The third kappa shape index (κ3) is 4.91. The lowest BCUT2D eigenvalue weighted by atomic mass is 10.3. The van der Waals surface area contributed by atoms with Crippen molar-refractivity contribution in [2.75, 3.05) is 39.3 Å². The van der Waals surface area contributed by atoms with Gasteiger partial charge in [0, 0.05) is 33.1 Å². The Hall–Kier alpha value is -1.31. The Morgan fingerprint density at radius 1 is 1.11 bits per heavy atom. The minimum absolute atomic E-state index is 0.0581. The fraction of sp³-hybridized carbons (Fsp3) is 0.800. The molecule has 0 atom stereocenters. The van der Waals surface area contributed by atoms with Crippen LogP contribution in [0.15, 0.2) is 0 Å². The fourth-order valence-electron chi connectivity index (χ4n) is 1.69. The molecule has 0 aromatic carbocycles. The molecule has 1 aliphatic rings. The first kappa shape index (κ1) is 14.7. The number of nitrogens with one attached hydrogen (secondary N) is 1. The molecule has 0 saturated carbocycles. The van der Waals surface area contributed by atoms with E-state index in [1.807, 2.05) is 0 Å². The van der Waals surface area contributed by atoms with Crippen molar-refractivity contribution < 1.29 is 22.8 Å². The van der Waals surface area contributed by atoms with Crippen molar-refractivity contribution in [3.05, 3.63) is 0 Å². The molecule has 18 heavy (non-hydrogen) atoms. The summed E-state index contributed by atoms with van der Waals surface area (Å²) in [6, 6.07) is 0. The zero-order valence-corrected chi connectivity index (χ0v) is 10.1. The van der Waals surface area contributed by atoms with Crippen molar-refractivity contribution in [1.82, 2.24) is 15.1 Å². The summed E-state index contributed by atoms with van der Waals surface area (Å²) in [6.07, 6.45) is -4.31. The van der Waals surface area contributed by atoms with Crippen LogP contribution in [0.3, 0.4) is 0 Å². The van der Waals surface area contributed by atoms with E-state index in [1.165, 1.54) is 11.8 Å². The first-order chi connectivity index (χ1) is 8.29. The van der Waals surface area contributed by atoms with E-state index in [0.29, 0.717) is 26.2 Å². The predicted molar refractivity (Wildman–Crippen MR) is 57.8 cm³/mol. The summed E-state index contributed by atoms with van der Waals surface area (Å²) < 4.78 is 35.6. The van der Waals surface area contributed by atoms with Gasteiger partial charge in [-0.25, -0.2) is 0 Å². The Balaban J connectivity index is 2.26. The van der Waals surface area contributed by atoms with Crippen LogP contribution in [-0.2, 0) is 9.59 Å². The van der Waals surface area contributed by atoms with E-state index in [9.17, 15) is 22.8 Å². The van der Waals surface area contributed by atoms with E-state index in [4.69, 9.17) is 0 Å². The third-order valence-electron chi connectivity index (χ3n) is 2.68. The maximum atomic E-state index is 11.9. The van der Waals surface area contributed by atoms with Gasteiger partial charge in [0.1, 0.15) is 0 Å². The molecular formula is C10H16F3N3O2. The monoisotopic (exact) mass is 267 g/mol. The smallest absolute Gasteiger partial charge is 0.339 e. The first-order valence-corrected chi connectivity index (χ1v) is 5.60. The van der Waals surface area contributed by atoms with Crippen LogP contribution in [0.25, 0.3) is 0 Å². The van der Waals surface area contributed by atoms with Crippen LogP contribution in [0, 0.1) is 0 Å². The van der Waals surface area contributed by atoms with Crippen LogP contribution in [0.5, 0.6) is 0 Å². The second-order valence-corrected chi connectivity index (χ2v) is 4.11. The van der Waals surface area contributed by atoms with Gasteiger partial charge in [-0.15, -0.1) is 0 Å². The summed E-state index contributed by atoms with van der Waals surface area (Å²) in [5.74, 6) is -0.431. The lowest BCUT2D eigenvalue weighted by molar-refractivity contribution is -0.139. The minimum atomic E-state index is -4.31. The predicted octanol–water partition coefficient (Wildman–Crippen LogP) is -0.171. The molecule has 5 nitrogen and oxygen atoms in total. The number of hydrogen-bond acceptors (Lipinski definition) is 3. The highest BCUT2D eigenvalue weighted by atomic mass is 19.4. The van der Waals surface area contributed by atoms with Gasteiger partial charge < -0.3 is 15.1 Å². The molecule has 1 saturated heterocycles. The highest BCUT2D eigenvalue weighted by molar-refractivity contribution is 5.79. The van der Waals surface area contributed by atoms with Gasteiger partial charge in [-0.3, -0.25) is 9.59 Å². The van der Waals surface area contributed by atoms with Crippen molar-refractivity contribution >= 4 is 11.8 Å². The highest BCUT2D eigenvalue weighted by Gasteiger charge is 2.27. The minimum Gasteiger partial charge on any atom is -0.339 e. The summed E-state index contributed by atoms with van der Waals surface area (Å²) in [5, 5.41) is 2.06. The van der Waals surface area contributed by atoms with Gasteiger partial charge >= 0.3 is 6.18 Å². The second kappa shape index (κ2) is 6.03. The molecule has 0 aromatic rings. The number of halogens is 3. The SMILES string of the molecule is CC(=O)N1CCN(C(=O)CNCC(F)(F)F)CC1. The molecule has 1 fully saturated rings. The van der Waals surface area contributed by atoms with Crippen LogP contribution in [0.1, 0.15) is 6.92 Å². The van der Waals surface area contributed by atoms with E-state index < -0.39 is 12.7 Å². The summed E-state index contributed by atoms with van der Waals surface area (Å²) in [4.78, 5) is 25.7. The van der Waals surface area contributed by atoms with Crippen molar-refractivity contribution in [3.63, 3.8) is 0 Å². The van der Waals surface area contributed by atoms with Crippen LogP contribution >= 0.6 is 0 Å². The zero-order chi connectivity index (χ0) is 13.8. The molecule has 0 unspecified atom stereocenters. The number of nitrogens with zero attached hydrogens (tertiary/aromatic N) is 2. The molecule has 0 radical (unpaired) electrons. The number of amides is 2. The molecule has 0 spiro atoms. The standard InChI is InChI=1S/C10H16F3N3O2/c1-8(17)15-2-4-16(5-3-15)9(18)6-14-7-10(11,12)13/h14H,2-7H2,1H3. The quantitative estimate of drug-likeness (QED) is 0.772. The average molecular weight is 267 g/mol. The molecule has 1 aliphatic heterocycles. The number of carbonyl (C=O) groups is 2. The largest absolute Gasteiger partial charge is 0.401 e. The second-order valence-electron chi connectivity index (χ2n) is 4.11. The van der Waals surface area contributed by atoms with Crippen molar-refractivity contribution in [2.24, 2.45) is 0 Å². The van der Waals surface area contributed by atoms with Gasteiger partial charge in [-0.2, -0.15) is 13.2 Å². The Kier molecular flexibility index (Phi) is 4.94. The van der Waals surface area contributed by atoms with Crippen LogP contribution < -0.4 is 5.32 Å². The number of carbonyl (C=O) groups excluding carboxylic acids is 2. The zero-order valence-electron chi connectivity index (χ0n) is 10.1. The first-order valence-electron chi connectivity index (χ1n) is 5.60. The van der Waals surface area contributed by atoms with Gasteiger partial charge in [0.15, 0.2) is 0 Å². The lowest BCUT2D eigenvalue weighted by Gasteiger charge is -2.34. The average Bonchev–Trinajstić information content (AvgIpc) is 2.27. The topological polar surface area (TPSA) is 52.7 Å². The molecule has 0 aliphatic carbocycles. The van der Waals surface area contributed by atoms with Gasteiger partial charge in [0.25, 0.3) is 0 Å². The number of hydrogen-bond donors (Lipinski definition) is 1. The van der Waals surface area contributed by atoms with Crippen molar-refractivity contribution in [1.29, 1.82) is 0 Å². The van der Waals surface area contributed by atoms with Crippen molar-refractivity contribution in [3.8, 4) is 0 Å². The molecule has 2 amide bonds. The number of rotatable bonds is 3. The third-order valence-corrected chi connectivity index (χ3v) is 2.68. The molecule has 8 heteroatoms. The van der Waals surface area contributed by atoms with E-state index in [1.54, 1.807) is 4.90 Å². The van der Waals surface area contributed by atoms with E-state index >= 15 is 0 Å². The molecule has 0 bridgehead atoms. The molecule has 1 rings (SSSR count). The molecule has 0 aromatic heterocycles. The molecule has 1 heterocycles. The van der Waals surface area contributed by atoms with E-state index in [2.05, 4.69) is 5.32 Å². The van der Waals surface area contributed by atoms with Crippen LogP contribution in [0.4, 0.5) is 13.2 Å². The Morgan fingerprint density at radius 3 is 2.06 bits per heavy atom. The summed E-state index contributed by atoms with van der Waals surface area (Å²) in [6.45, 7) is 1.53. The summed E-state index contributed by atoms with van der Waals surface area (Å²) >= 11 is 0. The molecular weight excluding hydrogens is 251 g/mol. The summed E-state index contributed by atoms with van der Waals surface area (Å²) in [5.41, 5.74) is 0. The van der Waals surface area contributed by atoms with Gasteiger partial charge in [0.05, 0.1) is 13.1 Å². The number of piperazine rings is 1. The summed E-state index contributed by atoms with van der Waals surface area (Å²) in [7, 11) is 0. The van der Waals surface area contributed by atoms with Gasteiger partial charge in [-0.05, 0) is 0 Å². The molecule has 1 N–H and O–H groups in total. The maximum Gasteiger partial charge on any atom is 0.401 e. The highest BCUT2D eigenvalue weighted by Crippen LogP contribution is 2.12. The van der Waals surface area contributed by atoms with Crippen LogP contribution in [-0.4, -0.2) is 67.1 Å². The van der Waals surface area contributed by atoms with Crippen LogP contribution in [0.2, 0.25) is 0 Å². The van der Waals surface area contributed by atoms with Gasteiger partial charge in [-0.1, -0.05) is 0 Å². The number of alkyl halides is 3. The van der Waals surface area contributed by atoms with E-state index in [-0.39, 0.29) is 18.4 Å². The van der Waals surface area contributed by atoms with E-state index in [0.717, 1.165) is 0 Å². The Bertz CT molecular complexity index is 312. The fourth-order valence-corrected chi connectivity index (χ4v) is 1.69. The Morgan fingerprint density at radius 2 is 1.61 bits per heavy atom. The van der Waals surface area contributed by atoms with Gasteiger partial charge in [0.2, 0.25) is 11.8 Å². The lowest BCUT2D eigenvalue weighted by Crippen LogP contribution is -2.52.